The largest absolute Gasteiger partial charge is 0.383 e. The molecule has 0 spiro atoms. The first-order valence-electron chi connectivity index (χ1n) is 4.97. The van der Waals surface area contributed by atoms with Crippen LogP contribution in [0.5, 0.6) is 0 Å². The third-order valence-electron chi connectivity index (χ3n) is 2.24. The Labute approximate surface area is 121 Å². The van der Waals surface area contributed by atoms with Gasteiger partial charge in [0.05, 0.1) is 10.0 Å². The summed E-state index contributed by atoms with van der Waals surface area (Å²) in [6.07, 6.45) is 0. The number of carbonyl (C=O) groups is 1. The van der Waals surface area contributed by atoms with Gasteiger partial charge in [0.15, 0.2) is 0 Å². The summed E-state index contributed by atoms with van der Waals surface area (Å²) in [6.45, 7) is 2.08. The van der Waals surface area contributed by atoms with Gasteiger partial charge in [0.1, 0.15) is 11.6 Å². The van der Waals surface area contributed by atoms with Gasteiger partial charge in [-0.15, -0.1) is 0 Å². The van der Waals surface area contributed by atoms with Crippen molar-refractivity contribution < 1.29 is 4.79 Å². The number of benzene rings is 1. The lowest BCUT2D eigenvalue weighted by Crippen LogP contribution is -2.14. The molecular formula is C12H10Cl2N2OS. The molecule has 0 amide bonds. The van der Waals surface area contributed by atoms with Crippen molar-refractivity contribution in [1.82, 2.24) is 5.32 Å². The van der Waals surface area contributed by atoms with Crippen LogP contribution < -0.4 is 5.32 Å². The molecule has 0 saturated heterocycles. The van der Waals surface area contributed by atoms with Crippen molar-refractivity contribution in [3.63, 3.8) is 0 Å². The molecule has 0 radical (unpaired) electrons. The molecule has 1 rings (SSSR count). The number of rotatable bonds is 4. The van der Waals surface area contributed by atoms with Gasteiger partial charge >= 0.3 is 0 Å². The Morgan fingerprint density at radius 2 is 2.11 bits per heavy atom. The van der Waals surface area contributed by atoms with Crippen molar-refractivity contribution in [3.8, 4) is 6.07 Å². The molecule has 0 saturated carbocycles. The lowest BCUT2D eigenvalue weighted by Gasteiger charge is -2.08. The first-order chi connectivity index (χ1) is 8.45. The minimum atomic E-state index is -0.559. The fourth-order valence-corrected chi connectivity index (χ4v) is 1.80. The molecule has 1 N–H and O–H groups in total. The van der Waals surface area contributed by atoms with E-state index >= 15 is 0 Å². The highest BCUT2D eigenvalue weighted by atomic mass is 35.5. The van der Waals surface area contributed by atoms with E-state index in [-0.39, 0.29) is 5.57 Å². The molecule has 3 nitrogen and oxygen atoms in total. The minimum Gasteiger partial charge on any atom is -0.383 e. The summed E-state index contributed by atoms with van der Waals surface area (Å²) in [6, 6.07) is 7.02. The number of nitriles is 1. The van der Waals surface area contributed by atoms with Crippen LogP contribution in [0.3, 0.4) is 0 Å². The molecule has 0 aromatic heterocycles. The van der Waals surface area contributed by atoms with Gasteiger partial charge in [-0.2, -0.15) is 5.26 Å². The maximum Gasteiger partial charge on any atom is 0.228 e. The molecule has 94 valence electrons. The van der Waals surface area contributed by atoms with Gasteiger partial charge in [-0.3, -0.25) is 4.79 Å². The topological polar surface area (TPSA) is 52.9 Å². The van der Waals surface area contributed by atoms with Gasteiger partial charge in [0, 0.05) is 12.2 Å². The number of allylic oxidation sites excluding steroid dienone is 1. The normalized spacial score (nSPS) is 11.5. The van der Waals surface area contributed by atoms with Gasteiger partial charge in [0.2, 0.25) is 5.12 Å². The average Bonchev–Trinajstić information content (AvgIpc) is 2.31. The molecule has 0 unspecified atom stereocenters. The number of carbonyl (C=O) groups excluding carboxylic acids is 1. The fourth-order valence-electron chi connectivity index (χ4n) is 1.26. The number of thiol groups is 1. The Morgan fingerprint density at radius 1 is 1.44 bits per heavy atom. The van der Waals surface area contributed by atoms with Crippen LogP contribution in [0, 0.1) is 11.3 Å². The van der Waals surface area contributed by atoms with Crippen LogP contribution in [0.25, 0.3) is 0 Å². The second kappa shape index (κ2) is 6.69. The highest BCUT2D eigenvalue weighted by Crippen LogP contribution is 2.22. The molecule has 0 aliphatic heterocycles. The van der Waals surface area contributed by atoms with Crippen LogP contribution in [0.2, 0.25) is 10.0 Å². The van der Waals surface area contributed by atoms with Crippen molar-refractivity contribution in [3.05, 3.63) is 45.1 Å². The van der Waals surface area contributed by atoms with Gasteiger partial charge in [0.25, 0.3) is 0 Å². The van der Waals surface area contributed by atoms with Crippen LogP contribution >= 0.6 is 35.8 Å². The summed E-state index contributed by atoms with van der Waals surface area (Å²) in [5.41, 5.74) is 1.37. The summed E-state index contributed by atoms with van der Waals surface area (Å²) in [4.78, 5) is 11.0. The van der Waals surface area contributed by atoms with Crippen molar-refractivity contribution in [2.24, 2.45) is 0 Å². The summed E-state index contributed by atoms with van der Waals surface area (Å²) < 4.78 is 0. The summed E-state index contributed by atoms with van der Waals surface area (Å²) in [5.74, 6) is 0. The molecule has 0 fully saturated rings. The fraction of sp³-hybridized carbons (Fsp3) is 0.167. The lowest BCUT2D eigenvalue weighted by atomic mass is 10.2. The number of hydrogen-bond donors (Lipinski definition) is 2. The Kier molecular flexibility index (Phi) is 5.54. The van der Waals surface area contributed by atoms with Crippen LogP contribution in [-0.2, 0) is 11.3 Å². The van der Waals surface area contributed by atoms with Crippen molar-refractivity contribution >= 4 is 40.9 Å². The van der Waals surface area contributed by atoms with Gasteiger partial charge in [-0.25, -0.2) is 0 Å². The number of hydrogen-bond acceptors (Lipinski definition) is 3. The van der Waals surface area contributed by atoms with Crippen LogP contribution in [-0.4, -0.2) is 5.12 Å². The first-order valence-corrected chi connectivity index (χ1v) is 6.18. The predicted octanol–water partition coefficient (Wildman–Crippen LogP) is 3.34. The average molecular weight is 301 g/mol. The number of nitrogens with one attached hydrogen (secondary N) is 1. The van der Waals surface area contributed by atoms with Crippen LogP contribution in [0.15, 0.2) is 29.5 Å². The zero-order valence-corrected chi connectivity index (χ0v) is 11.9. The van der Waals surface area contributed by atoms with E-state index in [1.807, 2.05) is 6.07 Å². The molecule has 0 heterocycles. The molecule has 0 aliphatic carbocycles. The van der Waals surface area contributed by atoms with Crippen LogP contribution in [0.4, 0.5) is 0 Å². The van der Waals surface area contributed by atoms with Crippen LogP contribution in [0.1, 0.15) is 12.5 Å². The monoisotopic (exact) mass is 300 g/mol. The van der Waals surface area contributed by atoms with E-state index in [0.717, 1.165) is 5.56 Å². The standard InChI is InChI=1S/C12H10Cl2N2OS/c1-7(9(5-15)12(17)18)16-6-8-2-3-10(13)11(14)4-8/h2-4,16H,6H2,1H3,(H,17,18). The SMILES string of the molecule is CC(NCc1ccc(Cl)c(Cl)c1)=C(C#N)C(=O)S. The van der Waals surface area contributed by atoms with E-state index in [4.69, 9.17) is 28.5 Å². The molecule has 1 aromatic rings. The van der Waals surface area contributed by atoms with Crippen molar-refractivity contribution in [2.45, 2.75) is 13.5 Å². The molecule has 1 aromatic carbocycles. The number of nitrogens with zero attached hydrogens (tertiary/aromatic N) is 1. The smallest absolute Gasteiger partial charge is 0.228 e. The van der Waals surface area contributed by atoms with E-state index in [1.54, 1.807) is 25.1 Å². The Morgan fingerprint density at radius 3 is 2.61 bits per heavy atom. The summed E-state index contributed by atoms with van der Waals surface area (Å²) in [7, 11) is 0. The molecule has 0 aliphatic rings. The summed E-state index contributed by atoms with van der Waals surface area (Å²) in [5, 5.41) is 12.1. The van der Waals surface area contributed by atoms with E-state index in [0.29, 0.717) is 22.3 Å². The second-order valence-electron chi connectivity index (χ2n) is 3.52. The second-order valence-corrected chi connectivity index (χ2v) is 4.74. The van der Waals surface area contributed by atoms with E-state index in [9.17, 15) is 4.79 Å². The Balaban J connectivity index is 2.79. The van der Waals surface area contributed by atoms with E-state index < -0.39 is 5.12 Å². The first kappa shape index (κ1) is 14.9. The van der Waals surface area contributed by atoms with E-state index in [1.165, 1.54) is 0 Å². The Hall–Kier alpha value is -1.15. The predicted molar refractivity (Wildman–Crippen MR) is 75.6 cm³/mol. The molecular weight excluding hydrogens is 291 g/mol. The quantitative estimate of drug-likeness (QED) is 0.509. The van der Waals surface area contributed by atoms with Gasteiger partial charge < -0.3 is 5.32 Å². The molecule has 0 bridgehead atoms. The maximum atomic E-state index is 11.0. The molecule has 18 heavy (non-hydrogen) atoms. The zero-order chi connectivity index (χ0) is 13.7. The third-order valence-corrected chi connectivity index (χ3v) is 3.20. The highest BCUT2D eigenvalue weighted by Gasteiger charge is 2.08. The molecule has 6 heteroatoms. The summed E-state index contributed by atoms with van der Waals surface area (Å²) >= 11 is 15.3. The zero-order valence-electron chi connectivity index (χ0n) is 9.50. The van der Waals surface area contributed by atoms with Gasteiger partial charge in [-0.05, 0) is 24.6 Å². The number of halogens is 2. The third kappa shape index (κ3) is 3.95. The lowest BCUT2D eigenvalue weighted by molar-refractivity contribution is -0.107. The highest BCUT2D eigenvalue weighted by molar-refractivity contribution is 7.97. The maximum absolute atomic E-state index is 11.0. The van der Waals surface area contributed by atoms with Crippen molar-refractivity contribution in [2.75, 3.05) is 0 Å². The van der Waals surface area contributed by atoms with Gasteiger partial charge in [-0.1, -0.05) is 41.9 Å². The van der Waals surface area contributed by atoms with E-state index in [2.05, 4.69) is 17.9 Å². The van der Waals surface area contributed by atoms with Crippen molar-refractivity contribution in [1.29, 1.82) is 5.26 Å². The molecule has 0 atom stereocenters. The Bertz CT molecular complexity index is 549. The minimum absolute atomic E-state index is 0.00149.